The first kappa shape index (κ1) is 17.6. The maximum Gasteiger partial charge on any atom is 0.412 e. The lowest BCUT2D eigenvalue weighted by Gasteiger charge is -2.19. The van der Waals surface area contributed by atoms with Gasteiger partial charge in [0.15, 0.2) is 0 Å². The molecule has 1 aromatic heterocycles. The fraction of sp³-hybridized carbons (Fsp3) is 0.438. The number of hydrogen-bond donors (Lipinski definition) is 3. The number of aromatic nitrogens is 2. The summed E-state index contributed by atoms with van der Waals surface area (Å²) >= 11 is 0. The number of carbonyl (C=O) groups excluding carboxylic acids is 1. The van der Waals surface area contributed by atoms with Gasteiger partial charge in [-0.15, -0.1) is 0 Å². The number of carboxylic acid groups (broad SMARTS) is 1. The molecule has 0 bridgehead atoms. The Morgan fingerprint density at radius 2 is 2.04 bits per heavy atom. The van der Waals surface area contributed by atoms with E-state index in [1.165, 1.54) is 16.8 Å². The Morgan fingerprint density at radius 3 is 2.58 bits per heavy atom. The molecule has 0 aliphatic heterocycles. The van der Waals surface area contributed by atoms with E-state index in [1.807, 2.05) is 0 Å². The average molecular weight is 335 g/mol. The minimum absolute atomic E-state index is 0.166. The predicted octanol–water partition coefficient (Wildman–Crippen LogP) is 3.12. The van der Waals surface area contributed by atoms with Crippen LogP contribution < -0.4 is 5.32 Å². The molecule has 2 rings (SSSR count). The number of nitrogens with one attached hydrogen (secondary N) is 1. The minimum atomic E-state index is -0.985. The molecule has 0 saturated heterocycles. The summed E-state index contributed by atoms with van der Waals surface area (Å²) in [6, 6.07) is 2.10. The molecule has 0 fully saturated rings. The van der Waals surface area contributed by atoms with Crippen LogP contribution in [0.15, 0.2) is 18.3 Å². The van der Waals surface area contributed by atoms with E-state index in [9.17, 15) is 19.8 Å². The van der Waals surface area contributed by atoms with Crippen LogP contribution in [0.3, 0.4) is 0 Å². The third-order valence-electron chi connectivity index (χ3n) is 3.27. The van der Waals surface area contributed by atoms with Gasteiger partial charge in [0.2, 0.25) is 0 Å². The lowest BCUT2D eigenvalue weighted by atomic mass is 10.2. The van der Waals surface area contributed by atoms with Crippen molar-refractivity contribution >= 4 is 28.7 Å². The smallest absolute Gasteiger partial charge is 0.412 e. The van der Waals surface area contributed by atoms with Gasteiger partial charge in [-0.25, -0.2) is 9.59 Å². The van der Waals surface area contributed by atoms with Crippen LogP contribution in [-0.4, -0.2) is 37.7 Å². The van der Waals surface area contributed by atoms with Gasteiger partial charge in [-0.05, 0) is 33.3 Å². The number of aromatic hydroxyl groups is 1. The number of carboxylic acids is 1. The second-order valence-electron chi connectivity index (χ2n) is 6.43. The zero-order valence-corrected chi connectivity index (χ0v) is 14.0. The van der Waals surface area contributed by atoms with Gasteiger partial charge < -0.3 is 14.9 Å². The van der Waals surface area contributed by atoms with Crippen molar-refractivity contribution in [1.82, 2.24) is 9.78 Å². The van der Waals surface area contributed by atoms with E-state index >= 15 is 0 Å². The first-order chi connectivity index (χ1) is 11.1. The molecular formula is C16H21N3O5. The quantitative estimate of drug-likeness (QED) is 0.740. The average Bonchev–Trinajstić information content (AvgIpc) is 2.79. The molecule has 1 aromatic carbocycles. The van der Waals surface area contributed by atoms with E-state index < -0.39 is 23.7 Å². The summed E-state index contributed by atoms with van der Waals surface area (Å²) < 4.78 is 6.48. The topological polar surface area (TPSA) is 114 Å². The van der Waals surface area contributed by atoms with E-state index in [1.54, 1.807) is 33.9 Å². The fourth-order valence-electron chi connectivity index (χ4n) is 2.23. The van der Waals surface area contributed by atoms with E-state index in [4.69, 9.17) is 4.74 Å². The molecule has 0 spiro atoms. The largest absolute Gasteiger partial charge is 0.506 e. The fourth-order valence-corrected chi connectivity index (χ4v) is 2.23. The Labute approximate surface area is 139 Å². The molecule has 24 heavy (non-hydrogen) atoms. The molecule has 1 heterocycles. The maximum atomic E-state index is 11.8. The molecule has 2 aromatic rings. The van der Waals surface area contributed by atoms with Crippen molar-refractivity contribution in [3.05, 3.63) is 18.3 Å². The van der Waals surface area contributed by atoms with Gasteiger partial charge in [0.1, 0.15) is 17.4 Å². The van der Waals surface area contributed by atoms with Gasteiger partial charge in [-0.1, -0.05) is 6.92 Å². The molecule has 130 valence electrons. The molecule has 1 unspecified atom stereocenters. The van der Waals surface area contributed by atoms with Crippen LogP contribution in [0.25, 0.3) is 10.9 Å². The van der Waals surface area contributed by atoms with Crippen LogP contribution in [0.4, 0.5) is 10.5 Å². The summed E-state index contributed by atoms with van der Waals surface area (Å²) in [5.41, 5.74) is -0.0635. The van der Waals surface area contributed by atoms with Crippen molar-refractivity contribution < 1.29 is 24.5 Å². The van der Waals surface area contributed by atoms with Gasteiger partial charge in [-0.3, -0.25) is 10.00 Å². The summed E-state index contributed by atoms with van der Waals surface area (Å²) in [6.45, 7) is 6.95. The molecule has 8 heteroatoms. The molecular weight excluding hydrogens is 314 g/mol. The van der Waals surface area contributed by atoms with Gasteiger partial charge in [0.25, 0.3) is 0 Å². The summed E-state index contributed by atoms with van der Waals surface area (Å²) in [7, 11) is 0. The zero-order valence-electron chi connectivity index (χ0n) is 14.0. The third kappa shape index (κ3) is 3.95. The standard InChI is InChI=1S/C16H21N3O5/c1-5-12(14(21)22)19-8-9-6-11(13(20)7-10(9)18-19)17-15(23)24-16(2,3)4/h6-8,12,20H,5H2,1-4H3,(H,17,23)(H,21,22). The van der Waals surface area contributed by atoms with Crippen molar-refractivity contribution in [2.75, 3.05) is 5.32 Å². The number of phenols is 1. The Hall–Kier alpha value is -2.77. The highest BCUT2D eigenvalue weighted by atomic mass is 16.6. The van der Waals surface area contributed by atoms with E-state index in [2.05, 4.69) is 10.4 Å². The van der Waals surface area contributed by atoms with Gasteiger partial charge in [0, 0.05) is 17.6 Å². The Balaban J connectivity index is 2.32. The van der Waals surface area contributed by atoms with Gasteiger partial charge in [-0.2, -0.15) is 5.10 Å². The van der Waals surface area contributed by atoms with Gasteiger partial charge >= 0.3 is 12.1 Å². The second-order valence-corrected chi connectivity index (χ2v) is 6.43. The number of nitrogens with zero attached hydrogens (tertiary/aromatic N) is 2. The molecule has 1 amide bonds. The first-order valence-electron chi connectivity index (χ1n) is 7.55. The number of anilines is 1. The number of ether oxygens (including phenoxy) is 1. The lowest BCUT2D eigenvalue weighted by molar-refractivity contribution is -0.141. The molecule has 0 radical (unpaired) electrons. The number of aliphatic carboxylic acids is 1. The van der Waals surface area contributed by atoms with E-state index in [-0.39, 0.29) is 11.4 Å². The summed E-state index contributed by atoms with van der Waals surface area (Å²) in [6.07, 6.45) is 1.25. The van der Waals surface area contributed by atoms with Crippen molar-refractivity contribution in [3.8, 4) is 5.75 Å². The molecule has 0 aliphatic rings. The number of benzene rings is 1. The number of phenolic OH excluding ortho intramolecular Hbond substituents is 1. The number of rotatable bonds is 4. The van der Waals surface area contributed by atoms with Crippen LogP contribution in [0.5, 0.6) is 5.75 Å². The Morgan fingerprint density at radius 1 is 1.38 bits per heavy atom. The van der Waals surface area contributed by atoms with E-state index in [0.29, 0.717) is 17.3 Å². The van der Waals surface area contributed by atoms with Crippen LogP contribution >= 0.6 is 0 Å². The number of hydrogen-bond acceptors (Lipinski definition) is 5. The monoisotopic (exact) mass is 335 g/mol. The SMILES string of the molecule is CCC(C(=O)O)n1cc2cc(NC(=O)OC(C)(C)C)c(O)cc2n1. The molecule has 0 aliphatic carbocycles. The van der Waals surface area contributed by atoms with Crippen LogP contribution in [0, 0.1) is 0 Å². The van der Waals surface area contributed by atoms with Crippen LogP contribution in [-0.2, 0) is 9.53 Å². The highest BCUT2D eigenvalue weighted by Gasteiger charge is 2.20. The molecule has 1 atom stereocenters. The molecule has 0 saturated carbocycles. The van der Waals surface area contributed by atoms with Crippen molar-refractivity contribution in [2.24, 2.45) is 0 Å². The van der Waals surface area contributed by atoms with Crippen molar-refractivity contribution in [1.29, 1.82) is 0 Å². The highest BCUT2D eigenvalue weighted by Crippen LogP contribution is 2.30. The summed E-state index contributed by atoms with van der Waals surface area (Å²) in [5.74, 6) is -1.16. The third-order valence-corrected chi connectivity index (χ3v) is 3.27. The van der Waals surface area contributed by atoms with Crippen LogP contribution in [0.1, 0.15) is 40.2 Å². The zero-order chi connectivity index (χ0) is 18.1. The lowest BCUT2D eigenvalue weighted by Crippen LogP contribution is -2.27. The summed E-state index contributed by atoms with van der Waals surface area (Å²) in [5, 5.41) is 26.5. The van der Waals surface area contributed by atoms with Gasteiger partial charge in [0.05, 0.1) is 11.2 Å². The molecule has 3 N–H and O–H groups in total. The number of amides is 1. The minimum Gasteiger partial charge on any atom is -0.506 e. The van der Waals surface area contributed by atoms with E-state index in [0.717, 1.165) is 0 Å². The first-order valence-corrected chi connectivity index (χ1v) is 7.55. The highest BCUT2D eigenvalue weighted by molar-refractivity contribution is 5.93. The predicted molar refractivity (Wildman–Crippen MR) is 88.2 cm³/mol. The maximum absolute atomic E-state index is 11.8. The Bertz CT molecular complexity index is 776. The van der Waals surface area contributed by atoms with Crippen molar-refractivity contribution in [3.63, 3.8) is 0 Å². The normalized spacial score (nSPS) is 12.8. The second kappa shape index (κ2) is 6.38. The van der Waals surface area contributed by atoms with Crippen molar-refractivity contribution in [2.45, 2.75) is 45.8 Å². The number of fused-ring (bicyclic) bond motifs is 1. The molecule has 8 nitrogen and oxygen atoms in total. The van der Waals surface area contributed by atoms with Crippen LogP contribution in [0.2, 0.25) is 0 Å². The number of carbonyl (C=O) groups is 2. The Kier molecular flexibility index (Phi) is 4.68. The summed E-state index contributed by atoms with van der Waals surface area (Å²) in [4.78, 5) is 23.1.